The average Bonchev–Trinajstić information content (AvgIpc) is 3.28. The Bertz CT molecular complexity index is 889. The number of hydrogen-bond donors (Lipinski definition) is 1. The van der Waals surface area contributed by atoms with Gasteiger partial charge in [0.05, 0.1) is 12.1 Å². The summed E-state index contributed by atoms with van der Waals surface area (Å²) >= 11 is 0. The molecule has 0 unspecified atom stereocenters. The van der Waals surface area contributed by atoms with Gasteiger partial charge in [0, 0.05) is 43.7 Å². The lowest BCUT2D eigenvalue weighted by molar-refractivity contribution is -0.124. The molecule has 0 saturated carbocycles. The summed E-state index contributed by atoms with van der Waals surface area (Å²) in [6.45, 7) is 2.52. The topological polar surface area (TPSA) is 62.5 Å². The van der Waals surface area contributed by atoms with Crippen LogP contribution in [0.1, 0.15) is 12.0 Å². The number of carbonyl (C=O) groups is 1. The molecule has 0 radical (unpaired) electrons. The summed E-state index contributed by atoms with van der Waals surface area (Å²) in [5, 5.41) is 7.20. The van der Waals surface area contributed by atoms with Crippen molar-refractivity contribution in [2.75, 3.05) is 20.1 Å². The number of fused-ring (bicyclic) bond motifs is 1. The molecule has 1 saturated heterocycles. The number of aromatic nitrogens is 3. The summed E-state index contributed by atoms with van der Waals surface area (Å²) in [6.07, 6.45) is 6.72. The van der Waals surface area contributed by atoms with Gasteiger partial charge in [0.15, 0.2) is 5.65 Å². The monoisotopic (exact) mass is 335 g/mol. The fraction of sp³-hybridized carbons (Fsp3) is 0.316. The van der Waals surface area contributed by atoms with Gasteiger partial charge in [0.25, 0.3) is 0 Å². The minimum Gasteiger partial charge on any atom is -0.359 e. The number of benzene rings is 1. The summed E-state index contributed by atoms with van der Waals surface area (Å²) in [5.74, 6) is 0.228. The van der Waals surface area contributed by atoms with Crippen molar-refractivity contribution >= 4 is 11.6 Å². The van der Waals surface area contributed by atoms with Crippen LogP contribution in [0.25, 0.3) is 16.8 Å². The Labute approximate surface area is 146 Å². The van der Waals surface area contributed by atoms with Gasteiger partial charge in [-0.3, -0.25) is 9.69 Å². The lowest BCUT2D eigenvalue weighted by Gasteiger charge is -2.15. The molecule has 1 amide bonds. The molecule has 3 heterocycles. The third kappa shape index (κ3) is 3.13. The van der Waals surface area contributed by atoms with E-state index in [-0.39, 0.29) is 11.8 Å². The number of amides is 1. The number of likely N-dealkylation sites (tertiary alicyclic amines) is 1. The Kier molecular flexibility index (Phi) is 4.19. The number of hydrogen-bond acceptors (Lipinski definition) is 4. The summed E-state index contributed by atoms with van der Waals surface area (Å²) < 4.78 is 1.84. The fourth-order valence-corrected chi connectivity index (χ4v) is 3.47. The normalized spacial score (nSPS) is 17.9. The largest absolute Gasteiger partial charge is 0.359 e. The second-order valence-electron chi connectivity index (χ2n) is 6.49. The van der Waals surface area contributed by atoms with Crippen LogP contribution in [-0.4, -0.2) is 45.5 Å². The first-order chi connectivity index (χ1) is 12.2. The Hall–Kier alpha value is -2.73. The van der Waals surface area contributed by atoms with Gasteiger partial charge in [-0.1, -0.05) is 30.3 Å². The highest BCUT2D eigenvalue weighted by molar-refractivity contribution is 5.79. The van der Waals surface area contributed by atoms with E-state index in [1.807, 2.05) is 41.3 Å². The van der Waals surface area contributed by atoms with Crippen molar-refractivity contribution in [1.82, 2.24) is 24.8 Å². The van der Waals surface area contributed by atoms with Crippen molar-refractivity contribution < 1.29 is 4.79 Å². The van der Waals surface area contributed by atoms with Crippen LogP contribution in [0.2, 0.25) is 0 Å². The molecule has 25 heavy (non-hydrogen) atoms. The lowest BCUT2D eigenvalue weighted by atomic mass is 10.1. The number of nitrogens with zero attached hydrogens (tertiary/aromatic N) is 4. The van der Waals surface area contributed by atoms with Crippen molar-refractivity contribution in [1.29, 1.82) is 0 Å². The van der Waals surface area contributed by atoms with Gasteiger partial charge in [-0.25, -0.2) is 9.50 Å². The first kappa shape index (κ1) is 15.8. The van der Waals surface area contributed by atoms with Gasteiger partial charge >= 0.3 is 0 Å². The molecule has 1 atom stereocenters. The van der Waals surface area contributed by atoms with Crippen LogP contribution in [0.15, 0.2) is 48.9 Å². The fourth-order valence-electron chi connectivity index (χ4n) is 3.47. The predicted molar refractivity (Wildman–Crippen MR) is 95.9 cm³/mol. The van der Waals surface area contributed by atoms with Crippen LogP contribution in [-0.2, 0) is 11.3 Å². The van der Waals surface area contributed by atoms with E-state index in [0.717, 1.165) is 48.4 Å². The standard InChI is InChI=1S/C19H21N5O/c1-20-19(25)16-7-8-23(13-16)11-14-9-21-18-17(10-22-24(18)12-14)15-5-3-2-4-6-15/h2-6,9-10,12,16H,7-8,11,13H2,1H3,(H,20,25)/t16-/m0/s1. The first-order valence-electron chi connectivity index (χ1n) is 8.56. The second-order valence-corrected chi connectivity index (χ2v) is 6.49. The van der Waals surface area contributed by atoms with Gasteiger partial charge in [-0.05, 0) is 18.5 Å². The molecule has 0 spiro atoms. The van der Waals surface area contributed by atoms with E-state index in [9.17, 15) is 4.79 Å². The molecule has 128 valence electrons. The predicted octanol–water partition coefficient (Wildman–Crippen LogP) is 1.96. The third-order valence-electron chi connectivity index (χ3n) is 4.79. The Morgan fingerprint density at radius 3 is 2.92 bits per heavy atom. The summed E-state index contributed by atoms with van der Waals surface area (Å²) in [6, 6.07) is 10.2. The van der Waals surface area contributed by atoms with E-state index in [0.29, 0.717) is 0 Å². The number of nitrogens with one attached hydrogen (secondary N) is 1. The quantitative estimate of drug-likeness (QED) is 0.792. The number of carbonyl (C=O) groups excluding carboxylic acids is 1. The van der Waals surface area contributed by atoms with E-state index < -0.39 is 0 Å². The molecule has 6 heteroatoms. The van der Waals surface area contributed by atoms with Crippen LogP contribution < -0.4 is 5.32 Å². The maximum Gasteiger partial charge on any atom is 0.224 e. The molecule has 6 nitrogen and oxygen atoms in total. The van der Waals surface area contributed by atoms with Crippen LogP contribution in [0, 0.1) is 5.92 Å². The molecule has 1 aliphatic heterocycles. The van der Waals surface area contributed by atoms with Crippen molar-refractivity contribution in [2.45, 2.75) is 13.0 Å². The van der Waals surface area contributed by atoms with Gasteiger partial charge < -0.3 is 5.32 Å². The zero-order chi connectivity index (χ0) is 17.2. The first-order valence-corrected chi connectivity index (χ1v) is 8.56. The lowest BCUT2D eigenvalue weighted by Crippen LogP contribution is -2.30. The van der Waals surface area contributed by atoms with Gasteiger partial charge in [-0.2, -0.15) is 5.10 Å². The zero-order valence-electron chi connectivity index (χ0n) is 14.2. The highest BCUT2D eigenvalue weighted by atomic mass is 16.1. The Morgan fingerprint density at radius 2 is 2.12 bits per heavy atom. The zero-order valence-corrected chi connectivity index (χ0v) is 14.2. The van der Waals surface area contributed by atoms with Crippen LogP contribution >= 0.6 is 0 Å². The van der Waals surface area contributed by atoms with Crippen LogP contribution in [0.3, 0.4) is 0 Å². The Balaban J connectivity index is 1.52. The maximum atomic E-state index is 11.8. The molecule has 0 bridgehead atoms. The summed E-state index contributed by atoms with van der Waals surface area (Å²) in [7, 11) is 1.70. The molecule has 1 aliphatic rings. The molecule has 4 rings (SSSR count). The molecule has 1 fully saturated rings. The van der Waals surface area contributed by atoms with E-state index in [1.54, 1.807) is 7.05 Å². The van der Waals surface area contributed by atoms with Crippen LogP contribution in [0.5, 0.6) is 0 Å². The summed E-state index contributed by atoms with van der Waals surface area (Å²) in [4.78, 5) is 18.7. The second kappa shape index (κ2) is 6.64. The van der Waals surface area contributed by atoms with Gasteiger partial charge in [0.2, 0.25) is 5.91 Å². The van der Waals surface area contributed by atoms with Crippen molar-refractivity contribution in [2.24, 2.45) is 5.92 Å². The van der Waals surface area contributed by atoms with Gasteiger partial charge in [0.1, 0.15) is 0 Å². The van der Waals surface area contributed by atoms with E-state index >= 15 is 0 Å². The molecule has 1 N–H and O–H groups in total. The van der Waals surface area contributed by atoms with Gasteiger partial charge in [-0.15, -0.1) is 0 Å². The van der Waals surface area contributed by atoms with Crippen molar-refractivity contribution in [3.63, 3.8) is 0 Å². The molecule has 3 aromatic rings. The van der Waals surface area contributed by atoms with E-state index in [2.05, 4.69) is 32.4 Å². The SMILES string of the molecule is CNC(=O)[C@H]1CCN(Cc2cnc3c(-c4ccccc4)cnn3c2)C1. The van der Waals surface area contributed by atoms with Crippen molar-refractivity contribution in [3.8, 4) is 11.1 Å². The third-order valence-corrected chi connectivity index (χ3v) is 4.79. The molecule has 0 aliphatic carbocycles. The minimum absolute atomic E-state index is 0.0936. The average molecular weight is 335 g/mol. The Morgan fingerprint density at radius 1 is 1.28 bits per heavy atom. The maximum absolute atomic E-state index is 11.8. The van der Waals surface area contributed by atoms with E-state index in [4.69, 9.17) is 0 Å². The van der Waals surface area contributed by atoms with Crippen molar-refractivity contribution in [3.05, 3.63) is 54.5 Å². The highest BCUT2D eigenvalue weighted by Crippen LogP contribution is 2.23. The van der Waals surface area contributed by atoms with E-state index in [1.165, 1.54) is 0 Å². The highest BCUT2D eigenvalue weighted by Gasteiger charge is 2.27. The minimum atomic E-state index is 0.0936. The number of rotatable bonds is 4. The molecular weight excluding hydrogens is 314 g/mol. The smallest absolute Gasteiger partial charge is 0.224 e. The molecular formula is C19H21N5O. The molecule has 2 aromatic heterocycles. The summed E-state index contributed by atoms with van der Waals surface area (Å²) in [5.41, 5.74) is 4.12. The van der Waals surface area contributed by atoms with Crippen LogP contribution in [0.4, 0.5) is 0 Å². The molecule has 1 aromatic carbocycles.